The Morgan fingerprint density at radius 3 is 2.81 bits per heavy atom. The first-order valence-corrected chi connectivity index (χ1v) is 10.1. The summed E-state index contributed by atoms with van der Waals surface area (Å²) >= 11 is 7.57. The van der Waals surface area contributed by atoms with Gasteiger partial charge in [-0.3, -0.25) is 4.79 Å². The number of carbonyl (C=O) groups is 1. The number of halogens is 1. The average Bonchev–Trinajstić information content (AvgIpc) is 3.33. The van der Waals surface area contributed by atoms with Crippen LogP contribution in [0.2, 0.25) is 5.02 Å². The van der Waals surface area contributed by atoms with Crippen molar-refractivity contribution in [1.29, 1.82) is 0 Å². The maximum Gasteiger partial charge on any atom is 0.255 e. The lowest BCUT2D eigenvalue weighted by atomic mass is 9.95. The zero-order valence-corrected chi connectivity index (χ0v) is 16.3. The van der Waals surface area contributed by atoms with Crippen LogP contribution >= 0.6 is 22.9 Å². The molecule has 27 heavy (non-hydrogen) atoms. The zero-order chi connectivity index (χ0) is 18.6. The summed E-state index contributed by atoms with van der Waals surface area (Å²) in [5.41, 5.74) is 2.82. The summed E-state index contributed by atoms with van der Waals surface area (Å²) in [5, 5.41) is 4.43. The van der Waals surface area contributed by atoms with Gasteiger partial charge in [-0.2, -0.15) is 0 Å². The largest absolute Gasteiger partial charge is 0.467 e. The van der Waals surface area contributed by atoms with Gasteiger partial charge in [0.25, 0.3) is 5.91 Å². The maximum atomic E-state index is 12.9. The van der Waals surface area contributed by atoms with E-state index in [-0.39, 0.29) is 5.91 Å². The van der Waals surface area contributed by atoms with Crippen LogP contribution in [0.5, 0.6) is 0 Å². The van der Waals surface area contributed by atoms with E-state index in [1.54, 1.807) is 23.8 Å². The van der Waals surface area contributed by atoms with Gasteiger partial charge in [0.2, 0.25) is 0 Å². The molecule has 0 unspecified atom stereocenters. The van der Waals surface area contributed by atoms with Crippen LogP contribution in [0.3, 0.4) is 0 Å². The highest BCUT2D eigenvalue weighted by molar-refractivity contribution is 7.16. The first-order chi connectivity index (χ1) is 13.2. The molecule has 6 heteroatoms. The molecule has 2 heterocycles. The Bertz CT molecular complexity index is 959. The summed E-state index contributed by atoms with van der Waals surface area (Å²) in [7, 11) is 0. The predicted molar refractivity (Wildman–Crippen MR) is 110 cm³/mol. The predicted octanol–water partition coefficient (Wildman–Crippen LogP) is 5.55. The van der Waals surface area contributed by atoms with Gasteiger partial charge in [-0.15, -0.1) is 11.3 Å². The molecule has 2 aromatic heterocycles. The Morgan fingerprint density at radius 1 is 1.22 bits per heavy atom. The van der Waals surface area contributed by atoms with E-state index in [0.717, 1.165) is 41.2 Å². The molecule has 4 rings (SSSR count). The molecular formula is C21H19ClN2O2S. The molecule has 0 saturated heterocycles. The van der Waals surface area contributed by atoms with Crippen molar-refractivity contribution in [2.24, 2.45) is 4.99 Å². The minimum atomic E-state index is -0.0888. The monoisotopic (exact) mass is 398 g/mol. The Hall–Kier alpha value is -2.37. The van der Waals surface area contributed by atoms with E-state index in [1.165, 1.54) is 11.3 Å². The van der Waals surface area contributed by atoms with Crippen LogP contribution in [-0.2, 0) is 19.4 Å². The second-order valence-electron chi connectivity index (χ2n) is 6.46. The Labute approximate surface area is 166 Å². The number of amides is 1. The molecule has 0 saturated carbocycles. The zero-order valence-electron chi connectivity index (χ0n) is 14.7. The number of benzene rings is 1. The van der Waals surface area contributed by atoms with Crippen LogP contribution in [0.4, 0.5) is 5.00 Å². The van der Waals surface area contributed by atoms with Gasteiger partial charge >= 0.3 is 0 Å². The second-order valence-corrected chi connectivity index (χ2v) is 7.98. The van der Waals surface area contributed by atoms with E-state index in [4.69, 9.17) is 16.0 Å². The van der Waals surface area contributed by atoms with E-state index in [2.05, 4.69) is 10.3 Å². The summed E-state index contributed by atoms with van der Waals surface area (Å²) < 4.78 is 5.31. The highest BCUT2D eigenvalue weighted by Gasteiger charge is 2.25. The van der Waals surface area contributed by atoms with Gasteiger partial charge < -0.3 is 9.73 Å². The number of fused-ring (bicyclic) bond motifs is 1. The molecule has 1 aromatic carbocycles. The molecular weight excluding hydrogens is 380 g/mol. The maximum absolute atomic E-state index is 12.9. The number of aryl methyl sites for hydroxylation is 1. The third-order valence-electron chi connectivity index (χ3n) is 4.58. The number of nitrogens with one attached hydrogen (secondary N) is 1. The highest BCUT2D eigenvalue weighted by Crippen LogP contribution is 2.39. The first kappa shape index (κ1) is 18.0. The fourth-order valence-electron chi connectivity index (χ4n) is 3.23. The number of carbonyl (C=O) groups excluding carboxylic acids is 1. The van der Waals surface area contributed by atoms with E-state index in [9.17, 15) is 4.79 Å². The first-order valence-electron chi connectivity index (χ1n) is 8.95. The molecule has 0 bridgehead atoms. The summed E-state index contributed by atoms with van der Waals surface area (Å²) in [6.07, 6.45) is 7.64. The van der Waals surface area contributed by atoms with Crippen molar-refractivity contribution in [1.82, 2.24) is 5.32 Å². The summed E-state index contributed by atoms with van der Waals surface area (Å²) in [5.74, 6) is 0.646. The lowest BCUT2D eigenvalue weighted by Gasteiger charge is -2.12. The van der Waals surface area contributed by atoms with Crippen molar-refractivity contribution in [2.75, 3.05) is 0 Å². The SMILES string of the molecule is O=C(NCc1ccco1)c1c(N=Cc2ccc(Cl)cc2)sc2c1CCCC2. The number of furan rings is 1. The van der Waals surface area contributed by atoms with Crippen LogP contribution in [-0.4, -0.2) is 12.1 Å². The lowest BCUT2D eigenvalue weighted by molar-refractivity contribution is 0.0948. The van der Waals surface area contributed by atoms with Gasteiger partial charge in [0.05, 0.1) is 18.4 Å². The fourth-order valence-corrected chi connectivity index (χ4v) is 4.58. The highest BCUT2D eigenvalue weighted by atomic mass is 35.5. The molecule has 138 valence electrons. The van der Waals surface area contributed by atoms with Gasteiger partial charge in [-0.05, 0) is 61.1 Å². The number of hydrogen-bond acceptors (Lipinski definition) is 4. The normalized spacial score (nSPS) is 13.7. The van der Waals surface area contributed by atoms with E-state index in [0.29, 0.717) is 17.1 Å². The lowest BCUT2D eigenvalue weighted by Crippen LogP contribution is -2.23. The van der Waals surface area contributed by atoms with Gasteiger partial charge in [-0.1, -0.05) is 23.7 Å². The van der Waals surface area contributed by atoms with Crippen LogP contribution in [0, 0.1) is 0 Å². The smallest absolute Gasteiger partial charge is 0.255 e. The van der Waals surface area contributed by atoms with Crippen LogP contribution in [0.15, 0.2) is 52.1 Å². The standard InChI is InChI=1S/C21H19ClN2O2S/c22-15-9-7-14(8-10-15)12-24-21-19(17-5-1-2-6-18(17)27-21)20(25)23-13-16-4-3-11-26-16/h3-4,7-12H,1-2,5-6,13H2,(H,23,25). The Balaban J connectivity index is 1.61. The number of nitrogens with zero attached hydrogens (tertiary/aromatic N) is 1. The van der Waals surface area contributed by atoms with Crippen molar-refractivity contribution in [2.45, 2.75) is 32.2 Å². The van der Waals surface area contributed by atoms with Gasteiger partial charge in [0.15, 0.2) is 0 Å². The van der Waals surface area contributed by atoms with Crippen molar-refractivity contribution < 1.29 is 9.21 Å². The molecule has 4 nitrogen and oxygen atoms in total. The van der Waals surface area contributed by atoms with Crippen LogP contribution < -0.4 is 5.32 Å². The summed E-state index contributed by atoms with van der Waals surface area (Å²) in [6, 6.07) is 11.2. The Morgan fingerprint density at radius 2 is 2.04 bits per heavy atom. The molecule has 1 N–H and O–H groups in total. The van der Waals surface area contributed by atoms with Crippen molar-refractivity contribution in [3.63, 3.8) is 0 Å². The van der Waals surface area contributed by atoms with Crippen molar-refractivity contribution in [3.05, 3.63) is 75.0 Å². The third kappa shape index (κ3) is 4.15. The van der Waals surface area contributed by atoms with Crippen LogP contribution in [0.25, 0.3) is 0 Å². The van der Waals surface area contributed by atoms with Crippen molar-refractivity contribution in [3.8, 4) is 0 Å². The summed E-state index contributed by atoms with van der Waals surface area (Å²) in [4.78, 5) is 18.8. The molecule has 0 radical (unpaired) electrons. The third-order valence-corrected chi connectivity index (χ3v) is 6.04. The molecule has 1 amide bonds. The number of thiophene rings is 1. The van der Waals surface area contributed by atoms with Crippen molar-refractivity contribution >= 4 is 40.1 Å². The molecule has 0 aliphatic heterocycles. The number of rotatable bonds is 5. The molecule has 3 aromatic rings. The number of aliphatic imine (C=N–C) groups is 1. The molecule has 1 aliphatic rings. The minimum Gasteiger partial charge on any atom is -0.467 e. The topological polar surface area (TPSA) is 54.6 Å². The van der Waals surface area contributed by atoms with E-state index < -0.39 is 0 Å². The van der Waals surface area contributed by atoms with Gasteiger partial charge in [0.1, 0.15) is 10.8 Å². The average molecular weight is 399 g/mol. The van der Waals surface area contributed by atoms with E-state index in [1.807, 2.05) is 36.4 Å². The Kier molecular flexibility index (Phi) is 5.41. The van der Waals surface area contributed by atoms with E-state index >= 15 is 0 Å². The number of hydrogen-bond donors (Lipinski definition) is 1. The molecule has 1 aliphatic carbocycles. The molecule has 0 atom stereocenters. The van der Waals surface area contributed by atoms with Gasteiger partial charge in [0, 0.05) is 16.1 Å². The van der Waals surface area contributed by atoms with Crippen LogP contribution in [0.1, 0.15) is 45.0 Å². The molecule has 0 spiro atoms. The van der Waals surface area contributed by atoms with Gasteiger partial charge in [-0.25, -0.2) is 4.99 Å². The quantitative estimate of drug-likeness (QED) is 0.572. The minimum absolute atomic E-state index is 0.0888. The second kappa shape index (κ2) is 8.11. The molecule has 0 fully saturated rings. The summed E-state index contributed by atoms with van der Waals surface area (Å²) in [6.45, 7) is 0.372. The fraction of sp³-hybridized carbons (Fsp3) is 0.238.